The van der Waals surface area contributed by atoms with Gasteiger partial charge in [0.25, 0.3) is 0 Å². The first-order valence-corrected chi connectivity index (χ1v) is 4.79. The number of H-pyrrole nitrogens is 2. The number of carboxylic acids is 1. The highest BCUT2D eigenvalue weighted by Gasteiger charge is 2.07. The normalized spacial score (nSPS) is 10.4. The van der Waals surface area contributed by atoms with E-state index in [-0.39, 0.29) is 6.42 Å². The van der Waals surface area contributed by atoms with Crippen LogP contribution < -0.4 is 11.4 Å². The largest absolute Gasteiger partial charge is 0.481 e. The zero-order valence-corrected chi connectivity index (χ0v) is 8.64. The van der Waals surface area contributed by atoms with E-state index in [1.54, 1.807) is 18.2 Å². The molecule has 7 heteroatoms. The van der Waals surface area contributed by atoms with Gasteiger partial charge in [0.15, 0.2) is 0 Å². The van der Waals surface area contributed by atoms with Crippen LogP contribution in [0.3, 0.4) is 0 Å². The van der Waals surface area contributed by atoms with E-state index in [2.05, 4.69) is 10.2 Å². The third-order valence-corrected chi connectivity index (χ3v) is 2.21. The Morgan fingerprint density at radius 1 is 1.24 bits per heavy atom. The number of rotatable bonds is 3. The van der Waals surface area contributed by atoms with Gasteiger partial charge in [0.1, 0.15) is 0 Å². The SMILES string of the molecule is O=C(O)Cc1cccc(-n2c(=O)[nH][nH]c2=O)c1. The average Bonchev–Trinajstić information content (AvgIpc) is 2.58. The minimum atomic E-state index is -0.975. The van der Waals surface area contributed by atoms with Crippen molar-refractivity contribution in [1.29, 1.82) is 0 Å². The molecule has 0 amide bonds. The molecule has 0 aliphatic heterocycles. The van der Waals surface area contributed by atoms with E-state index in [1.165, 1.54) is 6.07 Å². The van der Waals surface area contributed by atoms with Crippen LogP contribution in [-0.2, 0) is 11.2 Å². The van der Waals surface area contributed by atoms with Crippen LogP contribution >= 0.6 is 0 Å². The first-order chi connectivity index (χ1) is 8.08. The molecule has 3 N–H and O–H groups in total. The zero-order chi connectivity index (χ0) is 12.4. The second kappa shape index (κ2) is 4.12. The monoisotopic (exact) mass is 235 g/mol. The Labute approximate surface area is 94.3 Å². The van der Waals surface area contributed by atoms with Crippen LogP contribution in [-0.4, -0.2) is 25.8 Å². The fourth-order valence-corrected chi connectivity index (χ4v) is 1.53. The molecule has 0 atom stereocenters. The Hall–Kier alpha value is -2.57. The average molecular weight is 235 g/mol. The molecule has 0 fully saturated rings. The topological polar surface area (TPSA) is 108 Å². The van der Waals surface area contributed by atoms with E-state index in [4.69, 9.17) is 5.11 Å². The number of aliphatic carboxylic acids is 1. The number of nitrogens with one attached hydrogen (secondary N) is 2. The Morgan fingerprint density at radius 3 is 2.47 bits per heavy atom. The van der Waals surface area contributed by atoms with Gasteiger partial charge in [-0.2, -0.15) is 0 Å². The standard InChI is InChI=1S/C10H9N3O4/c14-8(15)5-6-2-1-3-7(4-6)13-9(16)11-12-10(13)17/h1-4H,5H2,(H,11,16)(H,12,17)(H,14,15). The molecule has 0 unspecified atom stereocenters. The molecule has 7 nitrogen and oxygen atoms in total. The smallest absolute Gasteiger partial charge is 0.348 e. The molecule has 0 saturated heterocycles. The van der Waals surface area contributed by atoms with Gasteiger partial charge in [0.05, 0.1) is 12.1 Å². The molecule has 0 bridgehead atoms. The van der Waals surface area contributed by atoms with Gasteiger partial charge in [-0.15, -0.1) is 0 Å². The summed E-state index contributed by atoms with van der Waals surface area (Å²) in [5.74, 6) is -0.975. The van der Waals surface area contributed by atoms with Crippen molar-refractivity contribution < 1.29 is 9.90 Å². The molecule has 0 aliphatic rings. The lowest BCUT2D eigenvalue weighted by Crippen LogP contribution is -2.24. The maximum atomic E-state index is 11.3. The lowest BCUT2D eigenvalue weighted by atomic mass is 10.1. The lowest BCUT2D eigenvalue weighted by Gasteiger charge is -2.01. The molecule has 0 saturated carbocycles. The van der Waals surface area contributed by atoms with Crippen LogP contribution in [0.4, 0.5) is 0 Å². The number of hydrogen-bond donors (Lipinski definition) is 3. The van der Waals surface area contributed by atoms with Crippen LogP contribution in [0.2, 0.25) is 0 Å². The lowest BCUT2D eigenvalue weighted by molar-refractivity contribution is -0.136. The van der Waals surface area contributed by atoms with Crippen LogP contribution in [0.25, 0.3) is 5.69 Å². The van der Waals surface area contributed by atoms with E-state index in [0.717, 1.165) is 4.57 Å². The zero-order valence-electron chi connectivity index (χ0n) is 8.64. The van der Waals surface area contributed by atoms with E-state index in [1.807, 2.05) is 0 Å². The summed E-state index contributed by atoms with van der Waals surface area (Å²) >= 11 is 0. The summed E-state index contributed by atoms with van der Waals surface area (Å²) in [4.78, 5) is 33.2. The second-order valence-corrected chi connectivity index (χ2v) is 3.44. The van der Waals surface area contributed by atoms with Crippen molar-refractivity contribution in [2.75, 3.05) is 0 Å². The summed E-state index contributed by atoms with van der Waals surface area (Å²) < 4.78 is 0.894. The summed E-state index contributed by atoms with van der Waals surface area (Å²) in [5, 5.41) is 13.0. The highest BCUT2D eigenvalue weighted by atomic mass is 16.4. The molecule has 1 aromatic carbocycles. The molecule has 2 rings (SSSR count). The van der Waals surface area contributed by atoms with Crippen LogP contribution in [0.1, 0.15) is 5.56 Å². The molecule has 2 aromatic rings. The number of aromatic amines is 2. The first-order valence-electron chi connectivity index (χ1n) is 4.79. The molecule has 0 spiro atoms. The molecule has 0 aliphatic carbocycles. The third kappa shape index (κ3) is 2.17. The number of hydrogen-bond acceptors (Lipinski definition) is 3. The quantitative estimate of drug-likeness (QED) is 0.665. The Kier molecular flexibility index (Phi) is 2.65. The third-order valence-electron chi connectivity index (χ3n) is 2.21. The Balaban J connectivity index is 2.50. The van der Waals surface area contributed by atoms with E-state index < -0.39 is 17.3 Å². The van der Waals surface area contributed by atoms with Gasteiger partial charge in [-0.05, 0) is 17.7 Å². The van der Waals surface area contributed by atoms with E-state index in [9.17, 15) is 14.4 Å². The summed E-state index contributed by atoms with van der Waals surface area (Å²) in [5.41, 5.74) is -0.344. The van der Waals surface area contributed by atoms with Gasteiger partial charge < -0.3 is 5.11 Å². The van der Waals surface area contributed by atoms with E-state index >= 15 is 0 Å². The van der Waals surface area contributed by atoms with Crippen molar-refractivity contribution >= 4 is 5.97 Å². The summed E-state index contributed by atoms with van der Waals surface area (Å²) in [6, 6.07) is 6.24. The summed E-state index contributed by atoms with van der Waals surface area (Å²) in [6.07, 6.45) is -0.162. The van der Waals surface area contributed by atoms with Crippen molar-refractivity contribution in [2.24, 2.45) is 0 Å². The molecule has 0 radical (unpaired) electrons. The van der Waals surface area contributed by atoms with Gasteiger partial charge in [-0.1, -0.05) is 12.1 Å². The summed E-state index contributed by atoms with van der Waals surface area (Å²) in [6.45, 7) is 0. The maximum absolute atomic E-state index is 11.3. The Morgan fingerprint density at radius 2 is 1.88 bits per heavy atom. The van der Waals surface area contributed by atoms with Gasteiger partial charge in [-0.25, -0.2) is 24.4 Å². The van der Waals surface area contributed by atoms with Gasteiger partial charge >= 0.3 is 17.3 Å². The highest BCUT2D eigenvalue weighted by molar-refractivity contribution is 5.70. The van der Waals surface area contributed by atoms with Crippen molar-refractivity contribution in [2.45, 2.75) is 6.42 Å². The van der Waals surface area contributed by atoms with Crippen molar-refractivity contribution in [3.63, 3.8) is 0 Å². The van der Waals surface area contributed by atoms with Crippen molar-refractivity contribution in [3.8, 4) is 5.69 Å². The molecular formula is C10H9N3O4. The van der Waals surface area contributed by atoms with Crippen LogP contribution in [0.5, 0.6) is 0 Å². The van der Waals surface area contributed by atoms with E-state index in [0.29, 0.717) is 11.3 Å². The van der Waals surface area contributed by atoms with Gasteiger partial charge in [-0.3, -0.25) is 4.79 Å². The molecule has 17 heavy (non-hydrogen) atoms. The van der Waals surface area contributed by atoms with Crippen molar-refractivity contribution in [3.05, 3.63) is 50.8 Å². The molecule has 88 valence electrons. The van der Waals surface area contributed by atoms with Gasteiger partial charge in [0.2, 0.25) is 0 Å². The maximum Gasteiger partial charge on any atom is 0.348 e. The van der Waals surface area contributed by atoms with Crippen LogP contribution in [0.15, 0.2) is 33.9 Å². The number of benzene rings is 1. The molecule has 1 heterocycles. The Bertz CT molecular complexity index is 637. The fraction of sp³-hybridized carbons (Fsp3) is 0.100. The van der Waals surface area contributed by atoms with Gasteiger partial charge in [0, 0.05) is 0 Å². The highest BCUT2D eigenvalue weighted by Crippen LogP contribution is 2.07. The number of carboxylic acid groups (broad SMARTS) is 1. The number of carbonyl (C=O) groups is 1. The van der Waals surface area contributed by atoms with Crippen LogP contribution in [0, 0.1) is 0 Å². The predicted molar refractivity (Wildman–Crippen MR) is 58.4 cm³/mol. The number of nitrogens with zero attached hydrogens (tertiary/aromatic N) is 1. The first kappa shape index (κ1) is 10.9. The number of aromatic nitrogens is 3. The minimum Gasteiger partial charge on any atom is -0.481 e. The fourth-order valence-electron chi connectivity index (χ4n) is 1.53. The minimum absolute atomic E-state index is 0.162. The molecule has 1 aromatic heterocycles. The van der Waals surface area contributed by atoms with Crippen molar-refractivity contribution in [1.82, 2.24) is 14.8 Å². The predicted octanol–water partition coefficient (Wildman–Crippen LogP) is -0.519. The molecular weight excluding hydrogens is 226 g/mol. The second-order valence-electron chi connectivity index (χ2n) is 3.44. The summed E-state index contributed by atoms with van der Waals surface area (Å²) in [7, 11) is 0.